The van der Waals surface area contributed by atoms with E-state index in [1.807, 2.05) is 84.9 Å². The van der Waals surface area contributed by atoms with Crippen molar-refractivity contribution in [1.29, 1.82) is 5.26 Å². The van der Waals surface area contributed by atoms with Crippen LogP contribution in [0.5, 0.6) is 5.75 Å². The van der Waals surface area contributed by atoms with Crippen LogP contribution in [0.2, 0.25) is 0 Å². The highest BCUT2D eigenvalue weighted by Gasteiger charge is 2.08. The van der Waals surface area contributed by atoms with Gasteiger partial charge in [0.25, 0.3) is 5.91 Å². The highest BCUT2D eigenvalue weighted by molar-refractivity contribution is 5.97. The quantitative estimate of drug-likeness (QED) is 0.353. The van der Waals surface area contributed by atoms with Gasteiger partial charge in [0, 0.05) is 29.8 Å². The summed E-state index contributed by atoms with van der Waals surface area (Å²) in [7, 11) is 1.62. The zero-order chi connectivity index (χ0) is 21.9. The maximum absolute atomic E-state index is 12.3. The summed E-state index contributed by atoms with van der Waals surface area (Å²) in [6.45, 7) is 0.435. The molecular formula is C25H24N4O2. The Hall–Kier alpha value is -4.24. The molecule has 3 rings (SSSR count). The van der Waals surface area contributed by atoms with E-state index in [-0.39, 0.29) is 5.57 Å². The van der Waals surface area contributed by atoms with E-state index < -0.39 is 5.91 Å². The number of hydrogen-bond donors (Lipinski definition) is 3. The first-order valence-corrected chi connectivity index (χ1v) is 9.88. The third kappa shape index (κ3) is 6.65. The number of nitrogens with one attached hydrogen (secondary N) is 3. The van der Waals surface area contributed by atoms with Gasteiger partial charge in [-0.05, 0) is 60.5 Å². The standard InChI is InChI=1S/C25H24N4O2/c1-31-24-13-7-19(8-14-24)15-16-27-25(30)20(17-26)18-28-21-9-11-23(12-10-21)29-22-5-3-2-4-6-22/h2-14,18,28-29H,15-16H2,1H3,(H,27,30)/b20-18-. The molecule has 0 aromatic heterocycles. The number of nitrogens with zero attached hydrogens (tertiary/aromatic N) is 1. The molecule has 0 saturated heterocycles. The van der Waals surface area contributed by atoms with Gasteiger partial charge in [0.15, 0.2) is 0 Å². The van der Waals surface area contributed by atoms with E-state index in [0.717, 1.165) is 28.4 Å². The number of anilines is 3. The molecule has 6 heteroatoms. The van der Waals surface area contributed by atoms with Crippen LogP contribution in [0.1, 0.15) is 5.56 Å². The van der Waals surface area contributed by atoms with E-state index in [1.165, 1.54) is 6.20 Å². The molecule has 156 valence electrons. The lowest BCUT2D eigenvalue weighted by molar-refractivity contribution is -0.117. The minimum absolute atomic E-state index is 0.0150. The molecule has 31 heavy (non-hydrogen) atoms. The first-order valence-electron chi connectivity index (χ1n) is 9.88. The fraction of sp³-hybridized carbons (Fsp3) is 0.120. The third-order valence-electron chi connectivity index (χ3n) is 4.55. The number of methoxy groups -OCH3 is 1. The highest BCUT2D eigenvalue weighted by Crippen LogP contribution is 2.18. The SMILES string of the molecule is COc1ccc(CCNC(=O)/C(C#N)=C\Nc2ccc(Nc3ccccc3)cc2)cc1. The number of amides is 1. The lowest BCUT2D eigenvalue weighted by Gasteiger charge is -2.08. The smallest absolute Gasteiger partial charge is 0.263 e. The van der Waals surface area contributed by atoms with Crippen molar-refractivity contribution in [3.63, 3.8) is 0 Å². The molecule has 6 nitrogen and oxygen atoms in total. The van der Waals surface area contributed by atoms with Gasteiger partial charge in [0.2, 0.25) is 0 Å². The summed E-state index contributed by atoms with van der Waals surface area (Å²) >= 11 is 0. The molecule has 3 N–H and O–H groups in total. The average molecular weight is 412 g/mol. The summed E-state index contributed by atoms with van der Waals surface area (Å²) in [6.07, 6.45) is 2.08. The van der Waals surface area contributed by atoms with Gasteiger partial charge in [-0.1, -0.05) is 30.3 Å². The van der Waals surface area contributed by atoms with Crippen LogP contribution in [0.15, 0.2) is 90.6 Å². The number of para-hydroxylation sites is 1. The Balaban J connectivity index is 1.49. The van der Waals surface area contributed by atoms with Crippen molar-refractivity contribution in [3.8, 4) is 11.8 Å². The molecule has 0 aliphatic rings. The first-order chi connectivity index (χ1) is 15.2. The monoisotopic (exact) mass is 412 g/mol. The number of carbonyl (C=O) groups excluding carboxylic acids is 1. The second-order valence-electron chi connectivity index (χ2n) is 6.74. The number of benzene rings is 3. The second kappa shape index (κ2) is 11.1. The molecule has 0 radical (unpaired) electrons. The Morgan fingerprint density at radius 2 is 1.58 bits per heavy atom. The zero-order valence-electron chi connectivity index (χ0n) is 17.3. The Kier molecular flexibility index (Phi) is 7.67. The lowest BCUT2D eigenvalue weighted by Crippen LogP contribution is -2.27. The molecule has 0 saturated carbocycles. The van der Waals surface area contributed by atoms with Gasteiger partial charge in [-0.25, -0.2) is 0 Å². The van der Waals surface area contributed by atoms with Crippen molar-refractivity contribution in [2.24, 2.45) is 0 Å². The van der Waals surface area contributed by atoms with E-state index in [4.69, 9.17) is 4.74 Å². The van der Waals surface area contributed by atoms with Crippen molar-refractivity contribution in [3.05, 3.63) is 96.2 Å². The molecule has 0 bridgehead atoms. The predicted octanol–water partition coefficient (Wildman–Crippen LogP) is 4.62. The van der Waals surface area contributed by atoms with Crippen molar-refractivity contribution >= 4 is 23.0 Å². The van der Waals surface area contributed by atoms with Crippen molar-refractivity contribution < 1.29 is 9.53 Å². The fourth-order valence-corrected chi connectivity index (χ4v) is 2.85. The largest absolute Gasteiger partial charge is 0.497 e. The highest BCUT2D eigenvalue weighted by atomic mass is 16.5. The topological polar surface area (TPSA) is 86.2 Å². The van der Waals surface area contributed by atoms with Crippen LogP contribution < -0.4 is 20.7 Å². The average Bonchev–Trinajstić information content (AvgIpc) is 2.81. The van der Waals surface area contributed by atoms with Crippen molar-refractivity contribution in [2.45, 2.75) is 6.42 Å². The van der Waals surface area contributed by atoms with Gasteiger partial charge < -0.3 is 20.7 Å². The van der Waals surface area contributed by atoms with Crippen LogP contribution in [0.25, 0.3) is 0 Å². The Labute approximate surface area is 182 Å². The molecule has 0 aliphatic carbocycles. The van der Waals surface area contributed by atoms with E-state index in [2.05, 4.69) is 16.0 Å². The van der Waals surface area contributed by atoms with Crippen LogP contribution in [-0.4, -0.2) is 19.6 Å². The Morgan fingerprint density at radius 3 is 2.23 bits per heavy atom. The van der Waals surface area contributed by atoms with Gasteiger partial charge in [-0.15, -0.1) is 0 Å². The van der Waals surface area contributed by atoms with Crippen molar-refractivity contribution in [1.82, 2.24) is 5.32 Å². The molecule has 0 unspecified atom stereocenters. The predicted molar refractivity (Wildman–Crippen MR) is 123 cm³/mol. The van der Waals surface area contributed by atoms with Crippen molar-refractivity contribution in [2.75, 3.05) is 24.3 Å². The minimum atomic E-state index is -0.411. The fourth-order valence-electron chi connectivity index (χ4n) is 2.85. The summed E-state index contributed by atoms with van der Waals surface area (Å²) < 4.78 is 5.13. The van der Waals surface area contributed by atoms with Gasteiger partial charge in [0.05, 0.1) is 7.11 Å². The van der Waals surface area contributed by atoms with Crippen LogP contribution >= 0.6 is 0 Å². The Bertz CT molecular complexity index is 1050. The van der Waals surface area contributed by atoms with E-state index >= 15 is 0 Å². The molecule has 0 aliphatic heterocycles. The maximum Gasteiger partial charge on any atom is 0.263 e. The van der Waals surface area contributed by atoms with E-state index in [1.54, 1.807) is 7.11 Å². The molecule has 0 fully saturated rings. The Morgan fingerprint density at radius 1 is 0.935 bits per heavy atom. The summed E-state index contributed by atoms with van der Waals surface area (Å²) in [5.74, 6) is 0.378. The summed E-state index contributed by atoms with van der Waals surface area (Å²) in [5.41, 5.74) is 3.81. The first kappa shape index (κ1) is 21.5. The summed E-state index contributed by atoms with van der Waals surface area (Å²) in [5, 5.41) is 18.4. The molecule has 1 amide bonds. The molecular weight excluding hydrogens is 388 g/mol. The van der Waals surface area contributed by atoms with E-state index in [9.17, 15) is 10.1 Å². The molecule has 3 aromatic rings. The number of hydrogen-bond acceptors (Lipinski definition) is 5. The number of carbonyl (C=O) groups is 1. The van der Waals surface area contributed by atoms with Gasteiger partial charge in [-0.2, -0.15) is 5.26 Å². The summed E-state index contributed by atoms with van der Waals surface area (Å²) in [4.78, 5) is 12.3. The minimum Gasteiger partial charge on any atom is -0.497 e. The number of ether oxygens (including phenoxy) is 1. The van der Waals surface area contributed by atoms with E-state index in [0.29, 0.717) is 13.0 Å². The molecule has 0 atom stereocenters. The van der Waals surface area contributed by atoms with Crippen LogP contribution in [-0.2, 0) is 11.2 Å². The van der Waals surface area contributed by atoms with Gasteiger partial charge in [0.1, 0.15) is 17.4 Å². The zero-order valence-corrected chi connectivity index (χ0v) is 17.3. The van der Waals surface area contributed by atoms with Gasteiger partial charge in [-0.3, -0.25) is 4.79 Å². The van der Waals surface area contributed by atoms with Crippen LogP contribution in [0.4, 0.5) is 17.1 Å². The van der Waals surface area contributed by atoms with Gasteiger partial charge >= 0.3 is 0 Å². The molecule has 0 spiro atoms. The molecule has 3 aromatic carbocycles. The van der Waals surface area contributed by atoms with Crippen LogP contribution in [0, 0.1) is 11.3 Å². The normalized spacial score (nSPS) is 10.6. The number of nitriles is 1. The van der Waals surface area contributed by atoms with Crippen LogP contribution in [0.3, 0.4) is 0 Å². The third-order valence-corrected chi connectivity index (χ3v) is 4.55. The summed E-state index contributed by atoms with van der Waals surface area (Å²) in [6, 6.07) is 27.1. The number of rotatable bonds is 9. The maximum atomic E-state index is 12.3. The molecule has 0 heterocycles. The second-order valence-corrected chi connectivity index (χ2v) is 6.74. The lowest BCUT2D eigenvalue weighted by atomic mass is 10.1.